The van der Waals surface area contributed by atoms with Crippen LogP contribution in [0.2, 0.25) is 0 Å². The number of hydrogen-bond donors (Lipinski definition) is 0. The Kier molecular flexibility index (Phi) is 14.8. The molecule has 1 aromatic heterocycles. The van der Waals surface area contributed by atoms with Crippen LogP contribution in [0.25, 0.3) is 0 Å². The maximum Gasteiger partial charge on any atom is 0.248 e. The average Bonchev–Trinajstić information content (AvgIpc) is 3.29. The van der Waals surface area contributed by atoms with E-state index in [4.69, 9.17) is 0 Å². The Hall–Kier alpha value is -6.42. The van der Waals surface area contributed by atoms with E-state index in [9.17, 15) is 57.5 Å². The lowest BCUT2D eigenvalue weighted by molar-refractivity contribution is -0.690. The highest BCUT2D eigenvalue weighted by molar-refractivity contribution is 7.20. The number of carbonyl (C=O) groups is 1. The molecule has 0 radical (unpaired) electrons. The molecule has 0 aliphatic rings. The van der Waals surface area contributed by atoms with Gasteiger partial charge in [-0.15, -0.1) is 21.9 Å². The van der Waals surface area contributed by atoms with Crippen LogP contribution in [0.3, 0.4) is 0 Å². The van der Waals surface area contributed by atoms with Crippen molar-refractivity contribution >= 4 is 33.8 Å². The number of nitrogens with zero attached hydrogens (tertiary/aromatic N) is 1. The van der Waals surface area contributed by atoms with Gasteiger partial charge in [-0.2, -0.15) is 4.57 Å². The predicted molar refractivity (Wildman–Crippen MR) is 190 cm³/mol. The van der Waals surface area contributed by atoms with Crippen LogP contribution in [0.5, 0.6) is 0 Å². The molecule has 65 heavy (non-hydrogen) atoms. The molecular weight excluding hydrogens is 925 g/mol. The molecule has 6 aromatic rings. The molecule has 0 aliphatic heterocycles. The number of hydrogen-bond acceptors (Lipinski definition) is 1. The van der Waals surface area contributed by atoms with Gasteiger partial charge in [0.15, 0.2) is 82.5 Å². The number of ketones is 1. The van der Waals surface area contributed by atoms with Crippen LogP contribution in [0, 0.1) is 116 Å². The van der Waals surface area contributed by atoms with E-state index in [2.05, 4.69) is 19.1 Å². The average molecular weight is 947 g/mol. The molecule has 0 aliphatic carbocycles. The van der Waals surface area contributed by atoms with E-state index in [1.165, 1.54) is 5.56 Å². The maximum atomic E-state index is 15.4. The Balaban J connectivity index is 0.000000330. The van der Waals surface area contributed by atoms with Crippen molar-refractivity contribution in [2.24, 2.45) is 0 Å². The smallest absolute Gasteiger partial charge is 0.248 e. The summed E-state index contributed by atoms with van der Waals surface area (Å²) in [4.78, 5) is 12.3. The van der Waals surface area contributed by atoms with Crippen LogP contribution in [0.1, 0.15) is 48.7 Å². The number of benzene rings is 5. The first-order valence-electron chi connectivity index (χ1n) is 18.3. The Morgan fingerprint density at radius 1 is 0.400 bits per heavy atom. The summed E-state index contributed by atoms with van der Waals surface area (Å²) < 4.78 is 296. The fourth-order valence-electron chi connectivity index (χ4n) is 7.19. The van der Waals surface area contributed by atoms with E-state index in [1.54, 1.807) is 0 Å². The van der Waals surface area contributed by atoms with Gasteiger partial charge in [-0.3, -0.25) is 4.79 Å². The highest BCUT2D eigenvalue weighted by Gasteiger charge is 2.52. The van der Waals surface area contributed by atoms with Gasteiger partial charge in [0.25, 0.3) is 0 Å². The van der Waals surface area contributed by atoms with E-state index >= 15 is 35.1 Å². The predicted octanol–water partition coefficient (Wildman–Crippen LogP) is 9.63. The summed E-state index contributed by atoms with van der Waals surface area (Å²) in [5, 5.41) is 0. The molecule has 0 spiro atoms. The van der Waals surface area contributed by atoms with Gasteiger partial charge < -0.3 is 0 Å². The minimum absolute atomic E-state index is 0.245. The lowest BCUT2D eigenvalue weighted by atomic mass is 9.12. The highest BCUT2D eigenvalue weighted by Crippen LogP contribution is 2.31. The lowest BCUT2D eigenvalue weighted by Crippen LogP contribution is -2.81. The van der Waals surface area contributed by atoms with Gasteiger partial charge in [-0.25, -0.2) is 87.8 Å². The molecule has 0 saturated carbocycles. The van der Waals surface area contributed by atoms with Crippen LogP contribution < -0.4 is 26.4 Å². The van der Waals surface area contributed by atoms with Gasteiger partial charge in [0.1, 0.15) is 52.7 Å². The monoisotopic (exact) mass is 947 g/mol. The van der Waals surface area contributed by atoms with Crippen molar-refractivity contribution in [3.63, 3.8) is 0 Å². The molecule has 0 atom stereocenters. The fourth-order valence-corrected chi connectivity index (χ4v) is 7.19. The third-order valence-corrected chi connectivity index (χ3v) is 10.1. The summed E-state index contributed by atoms with van der Waals surface area (Å²) in [5.74, 6) is -71.2. The van der Waals surface area contributed by atoms with Crippen LogP contribution in [0.4, 0.5) is 87.8 Å². The summed E-state index contributed by atoms with van der Waals surface area (Å²) >= 11 is 0. The summed E-state index contributed by atoms with van der Waals surface area (Å²) in [6.07, 6.45) is -1.34. The van der Waals surface area contributed by atoms with E-state index in [1.807, 2.05) is 47.2 Å². The van der Waals surface area contributed by atoms with Gasteiger partial charge in [-0.05, 0) is 12.5 Å². The van der Waals surface area contributed by atoms with E-state index in [0.717, 1.165) is 31.5 Å². The van der Waals surface area contributed by atoms with Crippen molar-refractivity contribution in [1.29, 1.82) is 0 Å². The summed E-state index contributed by atoms with van der Waals surface area (Å²) in [6.45, 7) is 2.90. The normalized spacial score (nSPS) is 11.5. The zero-order valence-electron chi connectivity index (χ0n) is 32.2. The summed E-state index contributed by atoms with van der Waals surface area (Å²) in [5.41, 5.74) is -12.3. The van der Waals surface area contributed by atoms with Crippen LogP contribution in [-0.2, 0) is 6.54 Å². The van der Waals surface area contributed by atoms with E-state index in [-0.39, 0.29) is 5.78 Å². The zero-order valence-corrected chi connectivity index (χ0v) is 32.2. The second kappa shape index (κ2) is 19.4. The maximum absolute atomic E-state index is 15.4. The van der Waals surface area contributed by atoms with Gasteiger partial charge in [0.05, 0.1) is 0 Å². The van der Waals surface area contributed by atoms with Crippen molar-refractivity contribution in [1.82, 2.24) is 0 Å². The molecule has 0 amide bonds. The second-order valence-corrected chi connectivity index (χ2v) is 13.9. The Morgan fingerprint density at radius 2 is 0.692 bits per heavy atom. The molecule has 23 heteroatoms. The number of unbranched alkanes of at least 4 members (excludes halogenated alkanes) is 2. The first-order chi connectivity index (χ1) is 30.5. The Bertz CT molecular complexity index is 2460. The van der Waals surface area contributed by atoms with Crippen molar-refractivity contribution in [2.45, 2.75) is 39.2 Å². The van der Waals surface area contributed by atoms with Crippen molar-refractivity contribution in [3.05, 3.63) is 182 Å². The highest BCUT2D eigenvalue weighted by atomic mass is 19.2. The largest absolute Gasteiger partial charge is 0.287 e. The van der Waals surface area contributed by atoms with E-state index < -0.39 is 144 Å². The molecule has 0 bridgehead atoms. The zero-order chi connectivity index (χ0) is 48.6. The van der Waals surface area contributed by atoms with Crippen LogP contribution in [-0.4, -0.2) is 11.9 Å². The topological polar surface area (TPSA) is 20.9 Å². The van der Waals surface area contributed by atoms with Crippen molar-refractivity contribution in [3.8, 4) is 0 Å². The SMILES string of the molecule is CCCCCC(=O)c1cccc[n+]1Cc1ccccc1.Fc1c(F)c(F)c([B-](c2c(F)c(F)c(F)c(F)c2F)(c2c(F)c(F)c(F)c(F)c2F)c2c(F)c(F)c(F)c(F)c2F)c(F)c1F. The number of aromatic nitrogens is 1. The number of halogens is 20. The van der Waals surface area contributed by atoms with Crippen molar-refractivity contribution in [2.75, 3.05) is 0 Å². The molecule has 2 nitrogen and oxygen atoms in total. The lowest BCUT2D eigenvalue weighted by Gasteiger charge is -2.44. The van der Waals surface area contributed by atoms with Crippen molar-refractivity contribution < 1.29 is 97.2 Å². The second-order valence-electron chi connectivity index (χ2n) is 13.9. The quantitative estimate of drug-likeness (QED) is 0.0241. The molecule has 0 fully saturated rings. The molecule has 6 rings (SSSR count). The summed E-state index contributed by atoms with van der Waals surface area (Å²) in [7, 11) is 0. The molecule has 5 aromatic carbocycles. The third kappa shape index (κ3) is 8.39. The number of rotatable bonds is 11. The first-order valence-corrected chi connectivity index (χ1v) is 18.3. The molecule has 0 saturated heterocycles. The third-order valence-electron chi connectivity index (χ3n) is 10.1. The Labute approximate surface area is 352 Å². The van der Waals surface area contributed by atoms with Crippen LogP contribution >= 0.6 is 0 Å². The molecule has 1 heterocycles. The minimum Gasteiger partial charge on any atom is -0.287 e. The minimum atomic E-state index is -7.22. The van der Waals surface area contributed by atoms with Crippen LogP contribution in [0.15, 0.2) is 54.7 Å². The van der Waals surface area contributed by atoms with Gasteiger partial charge in [-0.1, -0.05) is 50.1 Å². The molecule has 0 unspecified atom stereocenters. The first kappa shape index (κ1) is 49.6. The molecule has 0 N–H and O–H groups in total. The van der Waals surface area contributed by atoms with Gasteiger partial charge in [0, 0.05) is 24.1 Å². The van der Waals surface area contributed by atoms with E-state index in [0.29, 0.717) is 6.42 Å². The molecule has 344 valence electrons. The molecular formula is C42H22BF20NO. The standard InChI is InChI=1S/C24BF20.C18H22NO/c26-5-1(6(27)14(35)21(42)13(5)34)25(2-7(28)15(36)22(43)16(37)8(2)29,3-9(30)17(38)23(44)18(39)10(3)31)4-11(32)19(40)24(45)20(41)12(4)33;1-2-3-5-13-18(20)17-12-8-9-14-19(17)15-16-10-6-4-7-11-16/h;4,6-12,14H,2-3,5,13,15H2,1H3/q-1;+1. The van der Waals surface area contributed by atoms with Gasteiger partial charge >= 0.3 is 0 Å². The number of carbonyl (C=O) groups excluding carboxylic acids is 1. The number of pyridine rings is 1. The summed E-state index contributed by atoms with van der Waals surface area (Å²) in [6, 6.07) is 16.1. The Morgan fingerprint density at radius 3 is 1.00 bits per heavy atom. The number of Topliss-reactive ketones (excluding diaryl/α,β-unsaturated/α-hetero) is 1. The fraction of sp³-hybridized carbons (Fsp3) is 0.143. The van der Waals surface area contributed by atoms with Gasteiger partial charge in [0.2, 0.25) is 11.5 Å².